The molecular weight excluding hydrogens is 241 g/mol. The van der Waals surface area contributed by atoms with E-state index in [1.54, 1.807) is 7.05 Å². The monoisotopic (exact) mass is 262 g/mol. The summed E-state index contributed by atoms with van der Waals surface area (Å²) < 4.78 is 0.760. The van der Waals surface area contributed by atoms with Crippen molar-refractivity contribution in [2.24, 2.45) is 0 Å². The van der Waals surface area contributed by atoms with E-state index in [0.29, 0.717) is 0 Å². The van der Waals surface area contributed by atoms with Crippen LogP contribution in [0.3, 0.4) is 0 Å². The van der Waals surface area contributed by atoms with Gasteiger partial charge in [-0.25, -0.2) is 0 Å². The van der Waals surface area contributed by atoms with Crippen LogP contribution in [0.5, 0.6) is 0 Å². The molecule has 4 heteroatoms. The zero-order valence-corrected chi connectivity index (χ0v) is 12.3. The normalized spacial score (nSPS) is 13.0. The number of likely N-dealkylation sites (N-methyl/N-ethyl adjacent to an activating group) is 2. The smallest absolute Gasteiger partial charge is 0.278 e. The molecule has 0 aromatic heterocycles. The van der Waals surface area contributed by atoms with Gasteiger partial charge in [-0.1, -0.05) is 6.92 Å². The molecule has 3 nitrogen and oxygen atoms in total. The summed E-state index contributed by atoms with van der Waals surface area (Å²) in [5.41, 5.74) is 0. The number of carbonyl (C=O) groups is 1. The zero-order valence-electron chi connectivity index (χ0n) is 9.42. The van der Waals surface area contributed by atoms with E-state index in [0.717, 1.165) is 17.4 Å². The number of rotatable bonds is 4. The molecule has 1 unspecified atom stereocenters. The van der Waals surface area contributed by atoms with Crippen molar-refractivity contribution in [1.29, 1.82) is 0 Å². The summed E-state index contributed by atoms with van der Waals surface area (Å²) in [6.07, 6.45) is 0.889. The zero-order chi connectivity index (χ0) is 9.78. The minimum absolute atomic E-state index is 0. The Kier molecular flexibility index (Phi) is 8.50. The molecule has 13 heavy (non-hydrogen) atoms. The topological polar surface area (TPSA) is 29.1 Å². The first-order valence-electron chi connectivity index (χ1n) is 4.53. The van der Waals surface area contributed by atoms with Crippen LogP contribution >= 0.6 is 0 Å². The van der Waals surface area contributed by atoms with E-state index >= 15 is 0 Å². The van der Waals surface area contributed by atoms with E-state index in [1.807, 2.05) is 0 Å². The molecule has 75 valence electrons. The molecule has 1 radical (unpaired) electrons. The maximum Gasteiger partial charge on any atom is 0.278 e. The molecule has 0 spiro atoms. The van der Waals surface area contributed by atoms with Crippen LogP contribution in [0.4, 0.5) is 0 Å². The van der Waals surface area contributed by atoms with Gasteiger partial charge in [0.1, 0.15) is 0 Å². The second-order valence-corrected chi connectivity index (χ2v) is 3.63. The van der Waals surface area contributed by atoms with Crippen molar-refractivity contribution in [1.82, 2.24) is 5.32 Å². The first-order valence-corrected chi connectivity index (χ1v) is 4.53. The molecular formula is C9H21N2OY+. The van der Waals surface area contributed by atoms with Crippen LogP contribution in [0, 0.1) is 0 Å². The van der Waals surface area contributed by atoms with Gasteiger partial charge in [0.25, 0.3) is 5.91 Å². The Morgan fingerprint density at radius 1 is 1.38 bits per heavy atom. The van der Waals surface area contributed by atoms with Gasteiger partial charge in [0.05, 0.1) is 20.6 Å². The Morgan fingerprint density at radius 2 is 1.85 bits per heavy atom. The standard InChI is InChI=1S/C9H20N2O.Y/c1-6-8(9(12)10-3)11(4,5)7-2;/h8H,6-7H2,1-5H3;/p+1. The van der Waals surface area contributed by atoms with Gasteiger partial charge in [-0.3, -0.25) is 4.79 Å². The van der Waals surface area contributed by atoms with E-state index in [4.69, 9.17) is 0 Å². The average molecular weight is 262 g/mol. The summed E-state index contributed by atoms with van der Waals surface area (Å²) in [5.74, 6) is 0.143. The third-order valence-corrected chi connectivity index (χ3v) is 2.59. The molecule has 0 fully saturated rings. The van der Waals surface area contributed by atoms with Gasteiger partial charge in [0, 0.05) is 46.2 Å². The van der Waals surface area contributed by atoms with Gasteiger partial charge in [-0.2, -0.15) is 0 Å². The number of carbonyl (C=O) groups excluding carboxylic acids is 1. The molecule has 0 rings (SSSR count). The van der Waals surface area contributed by atoms with E-state index < -0.39 is 0 Å². The fourth-order valence-corrected chi connectivity index (χ4v) is 1.38. The third-order valence-electron chi connectivity index (χ3n) is 2.59. The third kappa shape index (κ3) is 4.52. The van der Waals surface area contributed by atoms with E-state index in [9.17, 15) is 4.79 Å². The van der Waals surface area contributed by atoms with Gasteiger partial charge in [0.15, 0.2) is 6.04 Å². The number of quaternary nitrogens is 1. The maximum atomic E-state index is 11.4. The van der Waals surface area contributed by atoms with Crippen LogP contribution in [-0.4, -0.2) is 44.1 Å². The molecule has 1 N–H and O–H groups in total. The first-order chi connectivity index (χ1) is 5.49. The Morgan fingerprint density at radius 3 is 2.08 bits per heavy atom. The van der Waals surface area contributed by atoms with Crippen LogP contribution in [0.15, 0.2) is 0 Å². The summed E-state index contributed by atoms with van der Waals surface area (Å²) in [6.45, 7) is 5.13. The molecule has 0 aliphatic rings. The molecule has 0 aromatic carbocycles. The van der Waals surface area contributed by atoms with Crippen LogP contribution in [0.2, 0.25) is 0 Å². The molecule has 0 aliphatic heterocycles. The van der Waals surface area contributed by atoms with Gasteiger partial charge in [-0.15, -0.1) is 0 Å². The molecule has 1 amide bonds. The Balaban J connectivity index is 0. The van der Waals surface area contributed by atoms with Gasteiger partial charge >= 0.3 is 0 Å². The van der Waals surface area contributed by atoms with Crippen molar-refractivity contribution in [2.75, 3.05) is 27.7 Å². The fraction of sp³-hybridized carbons (Fsp3) is 0.889. The summed E-state index contributed by atoms with van der Waals surface area (Å²) in [4.78, 5) is 11.4. The molecule has 0 saturated carbocycles. The number of nitrogens with zero attached hydrogens (tertiary/aromatic N) is 1. The van der Waals surface area contributed by atoms with Crippen molar-refractivity contribution in [3.05, 3.63) is 0 Å². The molecule has 0 heterocycles. The predicted octanol–water partition coefficient (Wildman–Crippen LogP) is 0.605. The number of hydrogen-bond donors (Lipinski definition) is 1. The predicted molar refractivity (Wildman–Crippen MR) is 50.8 cm³/mol. The van der Waals surface area contributed by atoms with Crippen LogP contribution in [0.25, 0.3) is 0 Å². The van der Waals surface area contributed by atoms with Crippen molar-refractivity contribution < 1.29 is 42.0 Å². The van der Waals surface area contributed by atoms with Crippen molar-refractivity contribution in [3.8, 4) is 0 Å². The molecule has 0 bridgehead atoms. The first kappa shape index (κ1) is 16.0. The van der Waals surface area contributed by atoms with Crippen LogP contribution in [-0.2, 0) is 37.5 Å². The number of hydrogen-bond acceptors (Lipinski definition) is 1. The number of amides is 1. The second kappa shape index (κ2) is 6.91. The molecule has 0 saturated heterocycles. The largest absolute Gasteiger partial charge is 0.354 e. The van der Waals surface area contributed by atoms with Gasteiger partial charge in [0.2, 0.25) is 0 Å². The average Bonchev–Trinajstić information content (AvgIpc) is 2.05. The minimum Gasteiger partial charge on any atom is -0.354 e. The summed E-state index contributed by atoms with van der Waals surface area (Å²) in [5, 5.41) is 2.70. The summed E-state index contributed by atoms with van der Waals surface area (Å²) in [6, 6.07) is 0.0833. The Bertz CT molecular complexity index is 160. The quantitative estimate of drug-likeness (QED) is 0.739. The second-order valence-electron chi connectivity index (χ2n) is 3.63. The van der Waals surface area contributed by atoms with Crippen molar-refractivity contribution >= 4 is 5.91 Å². The van der Waals surface area contributed by atoms with Crippen LogP contribution in [0.1, 0.15) is 20.3 Å². The van der Waals surface area contributed by atoms with E-state index in [1.165, 1.54) is 0 Å². The van der Waals surface area contributed by atoms with E-state index in [2.05, 4.69) is 33.3 Å². The minimum atomic E-state index is 0. The van der Waals surface area contributed by atoms with Gasteiger partial charge < -0.3 is 9.80 Å². The van der Waals surface area contributed by atoms with Crippen molar-refractivity contribution in [2.45, 2.75) is 26.3 Å². The molecule has 1 atom stereocenters. The Hall–Kier alpha value is 0.534. The fourth-order valence-electron chi connectivity index (χ4n) is 1.38. The van der Waals surface area contributed by atoms with Crippen molar-refractivity contribution in [3.63, 3.8) is 0 Å². The SMILES string of the molecule is CCC(C(=O)NC)[N+](C)(C)CC.[Y]. The molecule has 0 aliphatic carbocycles. The Labute approximate surface area is 107 Å². The summed E-state index contributed by atoms with van der Waals surface area (Å²) in [7, 11) is 5.87. The summed E-state index contributed by atoms with van der Waals surface area (Å²) >= 11 is 0. The number of nitrogens with one attached hydrogen (secondary N) is 1. The van der Waals surface area contributed by atoms with E-state index in [-0.39, 0.29) is 44.7 Å². The molecule has 0 aromatic rings. The van der Waals surface area contributed by atoms with Crippen LogP contribution < -0.4 is 5.32 Å². The maximum absolute atomic E-state index is 11.4. The van der Waals surface area contributed by atoms with Gasteiger partial charge in [-0.05, 0) is 6.92 Å².